The zero-order valence-corrected chi connectivity index (χ0v) is 4.97. The Labute approximate surface area is 49.3 Å². The summed E-state index contributed by atoms with van der Waals surface area (Å²) in [6, 6.07) is 0. The summed E-state index contributed by atoms with van der Waals surface area (Å²) >= 11 is 5.22. The SMILES string of the molecule is NCCCCl.[Cl-]. The van der Waals surface area contributed by atoms with Gasteiger partial charge in [0.25, 0.3) is 0 Å². The first-order valence-electron chi connectivity index (χ1n) is 1.68. The van der Waals surface area contributed by atoms with E-state index in [0.717, 1.165) is 6.42 Å². The van der Waals surface area contributed by atoms with Crippen LogP contribution in [0.1, 0.15) is 6.42 Å². The largest absolute Gasteiger partial charge is 1.00 e. The summed E-state index contributed by atoms with van der Waals surface area (Å²) in [7, 11) is 0. The van der Waals surface area contributed by atoms with E-state index in [4.69, 9.17) is 17.3 Å². The monoisotopic (exact) mass is 128 g/mol. The summed E-state index contributed by atoms with van der Waals surface area (Å²) in [5.74, 6) is 0.691. The fraction of sp³-hybridized carbons (Fsp3) is 1.00. The zero-order chi connectivity index (χ0) is 4.12. The molecule has 0 heterocycles. The van der Waals surface area contributed by atoms with E-state index in [1.54, 1.807) is 0 Å². The first-order valence-corrected chi connectivity index (χ1v) is 2.21. The smallest absolute Gasteiger partial charge is 0.0235 e. The number of nitrogens with two attached hydrogens (primary N) is 1. The Morgan fingerprint density at radius 1 is 1.50 bits per heavy atom. The quantitative estimate of drug-likeness (QED) is 0.412. The molecule has 1 nitrogen and oxygen atoms in total. The normalized spacial score (nSPS) is 7.00. The van der Waals surface area contributed by atoms with E-state index in [1.165, 1.54) is 0 Å². The van der Waals surface area contributed by atoms with Crippen LogP contribution in [0.25, 0.3) is 0 Å². The van der Waals surface area contributed by atoms with Gasteiger partial charge < -0.3 is 18.1 Å². The molecule has 0 aliphatic carbocycles. The van der Waals surface area contributed by atoms with Crippen LogP contribution in [0.15, 0.2) is 0 Å². The van der Waals surface area contributed by atoms with Gasteiger partial charge in [-0.25, -0.2) is 0 Å². The molecule has 0 aromatic rings. The molecule has 0 saturated carbocycles. The highest BCUT2D eigenvalue weighted by Gasteiger charge is 1.70. The van der Waals surface area contributed by atoms with Crippen LogP contribution in [0.5, 0.6) is 0 Å². The van der Waals surface area contributed by atoms with E-state index in [9.17, 15) is 0 Å². The Hall–Kier alpha value is 0.540. The van der Waals surface area contributed by atoms with Crippen molar-refractivity contribution in [3.63, 3.8) is 0 Å². The van der Waals surface area contributed by atoms with Crippen molar-refractivity contribution in [3.05, 3.63) is 0 Å². The minimum atomic E-state index is 0. The molecule has 0 radical (unpaired) electrons. The van der Waals surface area contributed by atoms with Gasteiger partial charge in [0.2, 0.25) is 0 Å². The van der Waals surface area contributed by atoms with Crippen molar-refractivity contribution in [3.8, 4) is 0 Å². The van der Waals surface area contributed by atoms with Gasteiger partial charge >= 0.3 is 0 Å². The molecular weight excluding hydrogens is 121 g/mol. The Bertz CT molecular complexity index is 16.3. The van der Waals surface area contributed by atoms with Crippen molar-refractivity contribution < 1.29 is 12.4 Å². The lowest BCUT2D eigenvalue weighted by Gasteiger charge is -1.78. The van der Waals surface area contributed by atoms with Gasteiger partial charge in [-0.05, 0) is 13.0 Å². The molecule has 0 aromatic heterocycles. The lowest BCUT2D eigenvalue weighted by Crippen LogP contribution is -3.00. The molecule has 3 heteroatoms. The second kappa shape index (κ2) is 9.11. The molecule has 0 rings (SSSR count). The molecule has 0 aliphatic rings. The highest BCUT2D eigenvalue weighted by molar-refractivity contribution is 6.17. The zero-order valence-electron chi connectivity index (χ0n) is 3.45. The molecule has 0 atom stereocenters. The van der Waals surface area contributed by atoms with Crippen molar-refractivity contribution in [1.29, 1.82) is 0 Å². The Morgan fingerprint density at radius 2 is 2.00 bits per heavy atom. The van der Waals surface area contributed by atoms with Crippen LogP contribution in [0.3, 0.4) is 0 Å². The topological polar surface area (TPSA) is 26.0 Å². The molecule has 0 aliphatic heterocycles. The minimum absolute atomic E-state index is 0. The fourth-order valence-corrected chi connectivity index (χ4v) is 0.231. The van der Waals surface area contributed by atoms with Crippen molar-refractivity contribution in [2.75, 3.05) is 12.4 Å². The van der Waals surface area contributed by atoms with Gasteiger partial charge in [-0.15, -0.1) is 11.6 Å². The molecule has 6 heavy (non-hydrogen) atoms. The summed E-state index contributed by atoms with van der Waals surface area (Å²) in [4.78, 5) is 0. The summed E-state index contributed by atoms with van der Waals surface area (Å²) in [5.41, 5.74) is 5.05. The lowest BCUT2D eigenvalue weighted by molar-refractivity contribution is -0.00000113. The van der Waals surface area contributed by atoms with Gasteiger partial charge in [0, 0.05) is 5.88 Å². The number of alkyl halides is 1. The van der Waals surface area contributed by atoms with Crippen molar-refractivity contribution >= 4 is 11.6 Å². The van der Waals surface area contributed by atoms with Crippen molar-refractivity contribution in [2.24, 2.45) is 5.73 Å². The van der Waals surface area contributed by atoms with Crippen molar-refractivity contribution in [1.82, 2.24) is 0 Å². The third kappa shape index (κ3) is 8.82. The van der Waals surface area contributed by atoms with Gasteiger partial charge in [0.1, 0.15) is 0 Å². The average molecular weight is 129 g/mol. The predicted molar refractivity (Wildman–Crippen MR) is 24.4 cm³/mol. The Balaban J connectivity index is 0. The Kier molecular flexibility index (Phi) is 14.8. The molecule has 0 bridgehead atoms. The van der Waals surface area contributed by atoms with E-state index < -0.39 is 0 Å². The highest BCUT2D eigenvalue weighted by Crippen LogP contribution is 1.76. The maximum Gasteiger partial charge on any atom is 0.0235 e. The highest BCUT2D eigenvalue weighted by atomic mass is 35.5. The van der Waals surface area contributed by atoms with Crippen LogP contribution < -0.4 is 18.1 Å². The Morgan fingerprint density at radius 3 is 2.00 bits per heavy atom. The van der Waals surface area contributed by atoms with E-state index in [0.29, 0.717) is 12.4 Å². The average Bonchev–Trinajstić information content (AvgIpc) is 1.41. The first-order chi connectivity index (χ1) is 2.41. The van der Waals surface area contributed by atoms with E-state index in [2.05, 4.69) is 0 Å². The van der Waals surface area contributed by atoms with Gasteiger partial charge in [-0.1, -0.05) is 0 Å². The third-order valence-electron chi connectivity index (χ3n) is 0.338. The van der Waals surface area contributed by atoms with E-state index in [1.807, 2.05) is 0 Å². The molecule has 0 saturated heterocycles. The molecule has 0 spiro atoms. The minimum Gasteiger partial charge on any atom is -1.00 e. The van der Waals surface area contributed by atoms with Crippen LogP contribution in [0.2, 0.25) is 0 Å². The van der Waals surface area contributed by atoms with Crippen LogP contribution in [-0.2, 0) is 0 Å². The van der Waals surface area contributed by atoms with E-state index >= 15 is 0 Å². The lowest BCUT2D eigenvalue weighted by atomic mass is 10.5. The van der Waals surface area contributed by atoms with Crippen LogP contribution >= 0.6 is 11.6 Å². The number of halogens is 2. The summed E-state index contributed by atoms with van der Waals surface area (Å²) in [6.07, 6.45) is 0.932. The molecule has 2 N–H and O–H groups in total. The standard InChI is InChI=1S/C3H8ClN.ClH/c4-2-1-3-5;/h1-3,5H2;1H/p-1. The van der Waals surface area contributed by atoms with Gasteiger partial charge in [-0.3, -0.25) is 0 Å². The third-order valence-corrected chi connectivity index (χ3v) is 0.605. The second-order valence-corrected chi connectivity index (χ2v) is 1.21. The first kappa shape index (κ1) is 9.74. The number of hydrogen-bond donors (Lipinski definition) is 1. The van der Waals surface area contributed by atoms with Crippen LogP contribution in [0.4, 0.5) is 0 Å². The maximum atomic E-state index is 5.22. The molecular formula is C3H8Cl2N-. The molecule has 0 unspecified atom stereocenters. The summed E-state index contributed by atoms with van der Waals surface area (Å²) < 4.78 is 0. The predicted octanol–water partition coefficient (Wildman–Crippen LogP) is -2.42. The van der Waals surface area contributed by atoms with Crippen molar-refractivity contribution in [2.45, 2.75) is 6.42 Å². The fourth-order valence-electron chi connectivity index (χ4n) is 0.0772. The van der Waals surface area contributed by atoms with Crippen LogP contribution in [-0.4, -0.2) is 12.4 Å². The maximum absolute atomic E-state index is 5.22. The van der Waals surface area contributed by atoms with Gasteiger partial charge in [-0.2, -0.15) is 0 Å². The molecule has 0 fully saturated rings. The summed E-state index contributed by atoms with van der Waals surface area (Å²) in [5, 5.41) is 0. The van der Waals surface area contributed by atoms with E-state index in [-0.39, 0.29) is 12.4 Å². The number of rotatable bonds is 2. The molecule has 0 aromatic carbocycles. The van der Waals surface area contributed by atoms with Crippen LogP contribution in [0, 0.1) is 0 Å². The number of hydrogen-bond acceptors (Lipinski definition) is 1. The van der Waals surface area contributed by atoms with Gasteiger partial charge in [0.05, 0.1) is 0 Å². The summed E-state index contributed by atoms with van der Waals surface area (Å²) in [6.45, 7) is 0.712. The molecule has 40 valence electrons. The molecule has 0 amide bonds. The van der Waals surface area contributed by atoms with Gasteiger partial charge in [0.15, 0.2) is 0 Å². The second-order valence-electron chi connectivity index (χ2n) is 0.831.